The van der Waals surface area contributed by atoms with E-state index in [9.17, 15) is 0 Å². The van der Waals surface area contributed by atoms with Gasteiger partial charge in [0.1, 0.15) is 5.82 Å². The molecular weight excluding hydrogens is 198 g/mol. The molecule has 3 heteroatoms. The summed E-state index contributed by atoms with van der Waals surface area (Å²) in [4.78, 5) is 12.0. The van der Waals surface area contributed by atoms with Crippen LogP contribution in [0, 0.1) is 5.92 Å². The van der Waals surface area contributed by atoms with Crippen LogP contribution >= 0.6 is 0 Å². The highest BCUT2D eigenvalue weighted by molar-refractivity contribution is 5.73. The van der Waals surface area contributed by atoms with Crippen molar-refractivity contribution in [3.63, 3.8) is 0 Å². The molecule has 0 saturated heterocycles. The summed E-state index contributed by atoms with van der Waals surface area (Å²) in [5, 5.41) is 0. The van der Waals surface area contributed by atoms with Crippen LogP contribution in [0.4, 0.5) is 0 Å². The number of nitrogens with zero attached hydrogens (tertiary/aromatic N) is 2. The lowest BCUT2D eigenvalue weighted by Crippen LogP contribution is -1.97. The summed E-state index contributed by atoms with van der Waals surface area (Å²) in [7, 11) is 0. The number of rotatable bonds is 3. The van der Waals surface area contributed by atoms with Crippen molar-refractivity contribution in [3.8, 4) is 0 Å². The van der Waals surface area contributed by atoms with E-state index < -0.39 is 0 Å². The first-order valence-corrected chi connectivity index (χ1v) is 6.20. The first-order valence-electron chi connectivity index (χ1n) is 6.20. The lowest BCUT2D eigenvalue weighted by molar-refractivity contribution is 0.498. The van der Waals surface area contributed by atoms with Gasteiger partial charge in [-0.05, 0) is 18.4 Å². The number of fused-ring (bicyclic) bond motifs is 1. The molecule has 0 unspecified atom stereocenters. The van der Waals surface area contributed by atoms with E-state index in [0.29, 0.717) is 0 Å². The fourth-order valence-electron chi connectivity index (χ4n) is 2.67. The van der Waals surface area contributed by atoms with Crippen molar-refractivity contribution in [1.82, 2.24) is 15.0 Å². The largest absolute Gasteiger partial charge is 0.341 e. The standard InChI is InChI=1S/C13H17N3/c1-2-4-10(3-1)5-6-13-15-11-7-8-14-9-12(11)16-13/h7-10H,1-6H2,(H,15,16). The third kappa shape index (κ3) is 1.94. The molecule has 1 aliphatic carbocycles. The summed E-state index contributed by atoms with van der Waals surface area (Å²) >= 11 is 0. The Kier molecular flexibility index (Phi) is 2.60. The predicted octanol–water partition coefficient (Wildman–Crippen LogP) is 3.08. The second kappa shape index (κ2) is 4.24. The minimum atomic E-state index is 0.936. The average Bonchev–Trinajstić information content (AvgIpc) is 2.95. The number of aromatic amines is 1. The van der Waals surface area contributed by atoms with E-state index in [1.165, 1.54) is 32.1 Å². The van der Waals surface area contributed by atoms with Gasteiger partial charge in [0.25, 0.3) is 0 Å². The van der Waals surface area contributed by atoms with Crippen molar-refractivity contribution in [2.75, 3.05) is 0 Å². The van der Waals surface area contributed by atoms with Gasteiger partial charge in [0.15, 0.2) is 0 Å². The van der Waals surface area contributed by atoms with Gasteiger partial charge >= 0.3 is 0 Å². The van der Waals surface area contributed by atoms with Crippen molar-refractivity contribution >= 4 is 11.0 Å². The molecule has 2 aromatic heterocycles. The SMILES string of the molecule is c1cc2nc(CCC3CCCC3)[nH]c2cn1. The summed E-state index contributed by atoms with van der Waals surface area (Å²) in [6.07, 6.45) is 11.7. The smallest absolute Gasteiger partial charge is 0.107 e. The minimum absolute atomic E-state index is 0.936. The zero-order valence-electron chi connectivity index (χ0n) is 9.45. The molecule has 84 valence electrons. The summed E-state index contributed by atoms with van der Waals surface area (Å²) in [6, 6.07) is 1.96. The lowest BCUT2D eigenvalue weighted by Gasteiger charge is -2.05. The highest BCUT2D eigenvalue weighted by atomic mass is 14.9. The molecule has 16 heavy (non-hydrogen) atoms. The normalized spacial score (nSPS) is 17.2. The molecule has 0 bridgehead atoms. The Morgan fingerprint density at radius 2 is 2.19 bits per heavy atom. The van der Waals surface area contributed by atoms with Crippen LogP contribution in [0.2, 0.25) is 0 Å². The third-order valence-electron chi connectivity index (χ3n) is 3.60. The van der Waals surface area contributed by atoms with Gasteiger partial charge in [-0.25, -0.2) is 4.98 Å². The van der Waals surface area contributed by atoms with Crippen molar-refractivity contribution < 1.29 is 0 Å². The monoisotopic (exact) mass is 215 g/mol. The van der Waals surface area contributed by atoms with Crippen LogP contribution < -0.4 is 0 Å². The Bertz CT molecular complexity index is 436. The van der Waals surface area contributed by atoms with E-state index in [1.54, 1.807) is 6.20 Å². The Morgan fingerprint density at radius 1 is 1.31 bits per heavy atom. The number of imidazole rings is 1. The Balaban J connectivity index is 1.69. The van der Waals surface area contributed by atoms with E-state index >= 15 is 0 Å². The molecule has 0 aromatic carbocycles. The summed E-state index contributed by atoms with van der Waals surface area (Å²) < 4.78 is 0. The molecule has 0 amide bonds. The second-order valence-electron chi connectivity index (χ2n) is 4.77. The van der Waals surface area contributed by atoms with Crippen LogP contribution in [0.15, 0.2) is 18.5 Å². The zero-order valence-corrected chi connectivity index (χ0v) is 9.45. The van der Waals surface area contributed by atoms with Crippen LogP contribution in [0.1, 0.15) is 37.9 Å². The van der Waals surface area contributed by atoms with Gasteiger partial charge in [-0.1, -0.05) is 25.7 Å². The van der Waals surface area contributed by atoms with Crippen LogP contribution in [0.3, 0.4) is 0 Å². The summed E-state index contributed by atoms with van der Waals surface area (Å²) in [5.74, 6) is 2.06. The fourth-order valence-corrected chi connectivity index (χ4v) is 2.67. The highest BCUT2D eigenvalue weighted by Gasteiger charge is 2.15. The van der Waals surface area contributed by atoms with Gasteiger partial charge in [0, 0.05) is 12.6 Å². The number of nitrogens with one attached hydrogen (secondary N) is 1. The highest BCUT2D eigenvalue weighted by Crippen LogP contribution is 2.28. The van der Waals surface area contributed by atoms with Gasteiger partial charge in [-0.15, -0.1) is 0 Å². The lowest BCUT2D eigenvalue weighted by atomic mass is 10.0. The molecule has 2 heterocycles. The first kappa shape index (κ1) is 9.82. The number of aryl methyl sites for hydroxylation is 1. The van der Waals surface area contributed by atoms with Crippen LogP contribution in [0.25, 0.3) is 11.0 Å². The molecular formula is C13H17N3. The fraction of sp³-hybridized carbons (Fsp3) is 0.538. The van der Waals surface area contributed by atoms with Gasteiger partial charge in [-0.3, -0.25) is 4.98 Å². The van der Waals surface area contributed by atoms with E-state index in [-0.39, 0.29) is 0 Å². The molecule has 0 radical (unpaired) electrons. The minimum Gasteiger partial charge on any atom is -0.341 e. The molecule has 1 aliphatic rings. The predicted molar refractivity (Wildman–Crippen MR) is 64.2 cm³/mol. The van der Waals surface area contributed by atoms with Gasteiger partial charge < -0.3 is 4.98 Å². The van der Waals surface area contributed by atoms with Crippen molar-refractivity contribution in [2.24, 2.45) is 5.92 Å². The van der Waals surface area contributed by atoms with Gasteiger partial charge in [0.2, 0.25) is 0 Å². The maximum Gasteiger partial charge on any atom is 0.107 e. The molecule has 1 fully saturated rings. The Morgan fingerprint density at radius 3 is 3.00 bits per heavy atom. The van der Waals surface area contributed by atoms with Crippen molar-refractivity contribution in [3.05, 3.63) is 24.3 Å². The average molecular weight is 215 g/mol. The number of H-pyrrole nitrogens is 1. The molecule has 3 rings (SSSR count). The summed E-state index contributed by atoms with van der Waals surface area (Å²) in [6.45, 7) is 0. The maximum atomic E-state index is 4.58. The van der Waals surface area contributed by atoms with Crippen molar-refractivity contribution in [2.45, 2.75) is 38.5 Å². The molecule has 0 aliphatic heterocycles. The molecule has 0 atom stereocenters. The van der Waals surface area contributed by atoms with Gasteiger partial charge in [-0.2, -0.15) is 0 Å². The number of pyridine rings is 1. The first-order chi connectivity index (χ1) is 7.92. The molecule has 2 aromatic rings. The third-order valence-corrected chi connectivity index (χ3v) is 3.60. The van der Waals surface area contributed by atoms with Crippen LogP contribution in [-0.4, -0.2) is 15.0 Å². The molecule has 1 saturated carbocycles. The van der Waals surface area contributed by atoms with E-state index in [0.717, 1.165) is 29.2 Å². The van der Waals surface area contributed by atoms with E-state index in [1.807, 2.05) is 12.3 Å². The number of hydrogen-bond donors (Lipinski definition) is 1. The van der Waals surface area contributed by atoms with Crippen LogP contribution in [0.5, 0.6) is 0 Å². The zero-order chi connectivity index (χ0) is 10.8. The quantitative estimate of drug-likeness (QED) is 0.854. The van der Waals surface area contributed by atoms with E-state index in [4.69, 9.17) is 0 Å². The van der Waals surface area contributed by atoms with Crippen LogP contribution in [-0.2, 0) is 6.42 Å². The second-order valence-corrected chi connectivity index (χ2v) is 4.77. The number of hydrogen-bond acceptors (Lipinski definition) is 2. The molecule has 3 nitrogen and oxygen atoms in total. The van der Waals surface area contributed by atoms with E-state index in [2.05, 4.69) is 15.0 Å². The topological polar surface area (TPSA) is 41.6 Å². The van der Waals surface area contributed by atoms with Crippen molar-refractivity contribution in [1.29, 1.82) is 0 Å². The Hall–Kier alpha value is -1.38. The maximum absolute atomic E-state index is 4.58. The summed E-state index contributed by atoms with van der Waals surface area (Å²) in [5.41, 5.74) is 2.10. The van der Waals surface area contributed by atoms with Gasteiger partial charge in [0.05, 0.1) is 17.2 Å². The molecule has 1 N–H and O–H groups in total. The molecule has 0 spiro atoms. The Labute approximate surface area is 95.3 Å². The number of aromatic nitrogens is 3.